The van der Waals surface area contributed by atoms with Gasteiger partial charge in [-0.2, -0.15) is 4.98 Å². The predicted molar refractivity (Wildman–Crippen MR) is 109 cm³/mol. The van der Waals surface area contributed by atoms with E-state index in [0.29, 0.717) is 49.5 Å². The summed E-state index contributed by atoms with van der Waals surface area (Å²) in [6.45, 7) is 8.64. The molecule has 9 heteroatoms. The minimum Gasteiger partial charge on any atom is -0.347 e. The summed E-state index contributed by atoms with van der Waals surface area (Å²) in [5.74, 6) is 0.870. The maximum Gasteiger partial charge on any atom is 0.242 e. The molecule has 0 radical (unpaired) electrons. The highest BCUT2D eigenvalue weighted by molar-refractivity contribution is 6.30. The van der Waals surface area contributed by atoms with Crippen molar-refractivity contribution < 1.29 is 14.1 Å². The number of hydrogen-bond donors (Lipinski definition) is 1. The molecule has 0 aliphatic carbocycles. The average Bonchev–Trinajstić information content (AvgIpc) is 3.14. The summed E-state index contributed by atoms with van der Waals surface area (Å²) in [7, 11) is 0. The third-order valence-corrected chi connectivity index (χ3v) is 4.99. The first-order valence-electron chi connectivity index (χ1n) is 9.59. The number of aromatic nitrogens is 2. The molecule has 2 amide bonds. The van der Waals surface area contributed by atoms with Gasteiger partial charge in [0.25, 0.3) is 0 Å². The zero-order valence-corrected chi connectivity index (χ0v) is 17.7. The molecule has 0 atom stereocenters. The summed E-state index contributed by atoms with van der Waals surface area (Å²) in [6.07, 6.45) is 0. The van der Waals surface area contributed by atoms with E-state index in [2.05, 4.69) is 20.4 Å². The molecule has 2 heterocycles. The molecule has 1 aromatic carbocycles. The fraction of sp³-hybridized carbons (Fsp3) is 0.500. The standard InChI is InChI=1S/C20H26ClN5O3/c1-20(2,3)19(28)22-12-17(27)26-10-8-25(9-11-26)13-16-23-18(24-29-16)14-4-6-15(21)7-5-14/h4-7H,8-13H2,1-3H3,(H,22,28). The van der Waals surface area contributed by atoms with Gasteiger partial charge in [-0.1, -0.05) is 37.5 Å². The fourth-order valence-electron chi connectivity index (χ4n) is 2.91. The maximum absolute atomic E-state index is 12.3. The molecule has 29 heavy (non-hydrogen) atoms. The quantitative estimate of drug-likeness (QED) is 0.798. The predicted octanol–water partition coefficient (Wildman–Crippen LogP) is 2.20. The third kappa shape index (κ3) is 5.77. The van der Waals surface area contributed by atoms with E-state index < -0.39 is 5.41 Å². The Hall–Kier alpha value is -2.45. The Morgan fingerprint density at radius 3 is 2.41 bits per heavy atom. The van der Waals surface area contributed by atoms with E-state index in [1.807, 2.05) is 32.9 Å². The van der Waals surface area contributed by atoms with Gasteiger partial charge in [-0.15, -0.1) is 0 Å². The number of rotatable bonds is 5. The summed E-state index contributed by atoms with van der Waals surface area (Å²) in [6, 6.07) is 7.26. The summed E-state index contributed by atoms with van der Waals surface area (Å²) in [4.78, 5) is 32.6. The third-order valence-electron chi connectivity index (χ3n) is 4.74. The van der Waals surface area contributed by atoms with Crippen LogP contribution in [0.25, 0.3) is 11.4 Å². The second-order valence-electron chi connectivity index (χ2n) is 8.11. The molecule has 1 saturated heterocycles. The van der Waals surface area contributed by atoms with Gasteiger partial charge in [-0.25, -0.2) is 0 Å². The first-order valence-corrected chi connectivity index (χ1v) is 9.97. The van der Waals surface area contributed by atoms with Crippen LogP contribution in [-0.2, 0) is 16.1 Å². The topological polar surface area (TPSA) is 91.6 Å². The van der Waals surface area contributed by atoms with E-state index in [0.717, 1.165) is 5.56 Å². The minimum atomic E-state index is -0.506. The molecule has 3 rings (SSSR count). The van der Waals surface area contributed by atoms with Crippen LogP contribution in [0, 0.1) is 5.41 Å². The van der Waals surface area contributed by atoms with Gasteiger partial charge < -0.3 is 14.7 Å². The highest BCUT2D eigenvalue weighted by Gasteiger charge is 2.25. The molecule has 2 aromatic rings. The number of carbonyl (C=O) groups is 2. The van der Waals surface area contributed by atoms with Gasteiger partial charge in [0.2, 0.25) is 23.5 Å². The number of halogens is 1. The summed E-state index contributed by atoms with van der Waals surface area (Å²) in [5.41, 5.74) is 0.339. The van der Waals surface area contributed by atoms with E-state index in [9.17, 15) is 9.59 Å². The summed E-state index contributed by atoms with van der Waals surface area (Å²) in [5, 5.41) is 7.39. The molecule has 0 bridgehead atoms. The van der Waals surface area contributed by atoms with Crippen molar-refractivity contribution in [1.82, 2.24) is 25.3 Å². The minimum absolute atomic E-state index is 0.0320. The van der Waals surface area contributed by atoms with E-state index in [1.165, 1.54) is 0 Å². The van der Waals surface area contributed by atoms with Crippen molar-refractivity contribution in [2.45, 2.75) is 27.3 Å². The molecular formula is C20H26ClN5O3. The molecule has 1 N–H and O–H groups in total. The molecule has 0 spiro atoms. The monoisotopic (exact) mass is 419 g/mol. The van der Waals surface area contributed by atoms with Crippen molar-refractivity contribution in [2.24, 2.45) is 5.41 Å². The molecule has 1 aliphatic heterocycles. The van der Waals surface area contributed by atoms with Crippen LogP contribution in [0.15, 0.2) is 28.8 Å². The number of hydrogen-bond acceptors (Lipinski definition) is 6. The molecule has 1 aliphatic rings. The van der Waals surface area contributed by atoms with Crippen molar-refractivity contribution in [3.63, 3.8) is 0 Å². The number of amides is 2. The summed E-state index contributed by atoms with van der Waals surface area (Å²) < 4.78 is 5.36. The first-order chi connectivity index (χ1) is 13.7. The van der Waals surface area contributed by atoms with Crippen LogP contribution in [0.3, 0.4) is 0 Å². The molecule has 0 saturated carbocycles. The Kier molecular flexibility index (Phi) is 6.54. The van der Waals surface area contributed by atoms with E-state index in [4.69, 9.17) is 16.1 Å². The van der Waals surface area contributed by atoms with E-state index in [1.54, 1.807) is 17.0 Å². The molecule has 8 nitrogen and oxygen atoms in total. The number of piperazine rings is 1. The van der Waals surface area contributed by atoms with E-state index in [-0.39, 0.29) is 18.4 Å². The molecular weight excluding hydrogens is 394 g/mol. The number of carbonyl (C=O) groups excluding carboxylic acids is 2. The van der Waals surface area contributed by atoms with Crippen molar-refractivity contribution in [3.05, 3.63) is 35.2 Å². The lowest BCUT2D eigenvalue weighted by molar-refractivity contribution is -0.136. The van der Waals surface area contributed by atoms with Crippen LogP contribution in [-0.4, -0.2) is 64.5 Å². The Morgan fingerprint density at radius 2 is 1.79 bits per heavy atom. The molecule has 156 valence electrons. The van der Waals surface area contributed by atoms with Crippen LogP contribution in [0.2, 0.25) is 5.02 Å². The van der Waals surface area contributed by atoms with Crippen molar-refractivity contribution in [1.29, 1.82) is 0 Å². The van der Waals surface area contributed by atoms with Crippen LogP contribution < -0.4 is 5.32 Å². The Balaban J connectivity index is 1.46. The Labute approximate surface area is 175 Å². The summed E-state index contributed by atoms with van der Waals surface area (Å²) >= 11 is 5.90. The lowest BCUT2D eigenvalue weighted by Crippen LogP contribution is -2.51. The Morgan fingerprint density at radius 1 is 1.14 bits per heavy atom. The van der Waals surface area contributed by atoms with Crippen LogP contribution in [0.1, 0.15) is 26.7 Å². The van der Waals surface area contributed by atoms with Gasteiger partial charge in [0.1, 0.15) is 0 Å². The second kappa shape index (κ2) is 8.92. The van der Waals surface area contributed by atoms with Crippen molar-refractivity contribution in [2.75, 3.05) is 32.7 Å². The smallest absolute Gasteiger partial charge is 0.242 e. The van der Waals surface area contributed by atoms with Gasteiger partial charge in [0.15, 0.2) is 0 Å². The SMILES string of the molecule is CC(C)(C)C(=O)NCC(=O)N1CCN(Cc2nc(-c3ccc(Cl)cc3)no2)CC1. The fourth-order valence-corrected chi connectivity index (χ4v) is 3.04. The number of nitrogens with zero attached hydrogens (tertiary/aromatic N) is 4. The molecule has 0 unspecified atom stereocenters. The normalized spacial score (nSPS) is 15.4. The van der Waals surface area contributed by atoms with E-state index >= 15 is 0 Å². The first kappa shape index (κ1) is 21.3. The average molecular weight is 420 g/mol. The lowest BCUT2D eigenvalue weighted by atomic mass is 9.96. The van der Waals surface area contributed by atoms with Gasteiger partial charge in [0, 0.05) is 42.2 Å². The zero-order chi connectivity index (χ0) is 21.0. The van der Waals surface area contributed by atoms with Crippen LogP contribution in [0.4, 0.5) is 0 Å². The second-order valence-corrected chi connectivity index (χ2v) is 8.54. The lowest BCUT2D eigenvalue weighted by Gasteiger charge is -2.34. The van der Waals surface area contributed by atoms with Gasteiger partial charge in [-0.05, 0) is 24.3 Å². The largest absolute Gasteiger partial charge is 0.347 e. The van der Waals surface area contributed by atoms with Gasteiger partial charge in [0.05, 0.1) is 13.1 Å². The maximum atomic E-state index is 12.3. The highest BCUT2D eigenvalue weighted by Crippen LogP contribution is 2.19. The molecule has 1 fully saturated rings. The zero-order valence-electron chi connectivity index (χ0n) is 16.9. The Bertz CT molecular complexity index is 852. The van der Waals surface area contributed by atoms with Crippen LogP contribution >= 0.6 is 11.6 Å². The van der Waals surface area contributed by atoms with Gasteiger partial charge >= 0.3 is 0 Å². The number of nitrogens with one attached hydrogen (secondary N) is 1. The number of benzene rings is 1. The highest BCUT2D eigenvalue weighted by atomic mass is 35.5. The van der Waals surface area contributed by atoms with Gasteiger partial charge in [-0.3, -0.25) is 14.5 Å². The van der Waals surface area contributed by atoms with Crippen LogP contribution in [0.5, 0.6) is 0 Å². The molecule has 1 aromatic heterocycles. The van der Waals surface area contributed by atoms with Crippen molar-refractivity contribution in [3.8, 4) is 11.4 Å². The van der Waals surface area contributed by atoms with Crippen molar-refractivity contribution >= 4 is 23.4 Å².